The third kappa shape index (κ3) is 1.78. The van der Waals surface area contributed by atoms with Gasteiger partial charge in [-0.3, -0.25) is 0 Å². The summed E-state index contributed by atoms with van der Waals surface area (Å²) in [5, 5.41) is 0. The zero-order chi connectivity index (χ0) is 9.15. The van der Waals surface area contributed by atoms with Gasteiger partial charge in [-0.05, 0) is 43.4 Å². The minimum atomic E-state index is 0.723. The van der Waals surface area contributed by atoms with E-state index in [4.69, 9.17) is 0 Å². The van der Waals surface area contributed by atoms with E-state index < -0.39 is 0 Å². The molecule has 0 unspecified atom stereocenters. The predicted octanol–water partition coefficient (Wildman–Crippen LogP) is 4.50. The van der Waals surface area contributed by atoms with E-state index in [1.807, 2.05) is 5.92 Å². The number of hydrogen-bond donors (Lipinski definition) is 0. The van der Waals surface area contributed by atoms with Crippen molar-refractivity contribution in [2.75, 3.05) is 0 Å². The lowest BCUT2D eigenvalue weighted by molar-refractivity contribution is 0.254. The Kier molecular flexibility index (Phi) is 2.96. The van der Waals surface area contributed by atoms with Crippen molar-refractivity contribution in [2.24, 2.45) is 5.41 Å². The van der Waals surface area contributed by atoms with Crippen LogP contribution < -0.4 is 0 Å². The van der Waals surface area contributed by atoms with Gasteiger partial charge in [-0.15, -0.1) is 0 Å². The molecule has 0 aromatic carbocycles. The van der Waals surface area contributed by atoms with Crippen molar-refractivity contribution in [3.8, 4) is 0 Å². The summed E-state index contributed by atoms with van der Waals surface area (Å²) in [6, 6.07) is 0. The van der Waals surface area contributed by atoms with E-state index in [0.717, 1.165) is 5.41 Å². The van der Waals surface area contributed by atoms with E-state index in [2.05, 4.69) is 6.92 Å². The fraction of sp³-hybridized carbons (Fsp3) is 0.923. The summed E-state index contributed by atoms with van der Waals surface area (Å²) in [5.74, 6) is 1.96. The van der Waals surface area contributed by atoms with Crippen LogP contribution in [0.15, 0.2) is 0 Å². The van der Waals surface area contributed by atoms with Crippen molar-refractivity contribution in [1.29, 1.82) is 0 Å². The SMILES string of the molecule is CCC1([C]2CCCCC2)CCCC1. The zero-order valence-electron chi connectivity index (χ0n) is 9.07. The minimum Gasteiger partial charge on any atom is -0.0648 e. The molecule has 13 heavy (non-hydrogen) atoms. The third-order valence-corrected chi connectivity index (χ3v) is 4.44. The van der Waals surface area contributed by atoms with Crippen LogP contribution in [-0.2, 0) is 0 Å². The van der Waals surface area contributed by atoms with Crippen molar-refractivity contribution in [3.05, 3.63) is 5.92 Å². The third-order valence-electron chi connectivity index (χ3n) is 4.44. The summed E-state index contributed by atoms with van der Waals surface area (Å²) in [6.07, 6.45) is 14.8. The van der Waals surface area contributed by atoms with E-state index in [-0.39, 0.29) is 0 Å². The molecule has 2 fully saturated rings. The monoisotopic (exact) mass is 179 g/mol. The van der Waals surface area contributed by atoms with Crippen LogP contribution >= 0.6 is 0 Å². The lowest BCUT2D eigenvalue weighted by Gasteiger charge is -2.39. The fourth-order valence-electron chi connectivity index (χ4n) is 3.52. The molecule has 2 aliphatic rings. The Bertz CT molecular complexity index is 147. The van der Waals surface area contributed by atoms with Gasteiger partial charge in [-0.25, -0.2) is 0 Å². The molecule has 1 radical (unpaired) electrons. The highest BCUT2D eigenvalue weighted by Crippen LogP contribution is 2.52. The van der Waals surface area contributed by atoms with E-state index in [0.29, 0.717) is 0 Å². The van der Waals surface area contributed by atoms with Gasteiger partial charge >= 0.3 is 0 Å². The molecule has 0 nitrogen and oxygen atoms in total. The molecule has 0 bridgehead atoms. The van der Waals surface area contributed by atoms with E-state index >= 15 is 0 Å². The highest BCUT2D eigenvalue weighted by atomic mass is 14.4. The second-order valence-corrected chi connectivity index (χ2v) is 5.01. The average Bonchev–Trinajstić information content (AvgIpc) is 2.69. The lowest BCUT2D eigenvalue weighted by atomic mass is 9.66. The minimum absolute atomic E-state index is 0.723. The van der Waals surface area contributed by atoms with Gasteiger partial charge in [0, 0.05) is 0 Å². The highest BCUT2D eigenvalue weighted by Gasteiger charge is 2.39. The first kappa shape index (κ1) is 9.55. The molecule has 0 atom stereocenters. The molecule has 0 heteroatoms. The van der Waals surface area contributed by atoms with Crippen LogP contribution in [0.4, 0.5) is 0 Å². The molecule has 2 aliphatic carbocycles. The van der Waals surface area contributed by atoms with Crippen molar-refractivity contribution in [3.63, 3.8) is 0 Å². The molecule has 0 aromatic rings. The van der Waals surface area contributed by atoms with Gasteiger partial charge in [-0.1, -0.05) is 39.0 Å². The first-order valence-corrected chi connectivity index (χ1v) is 6.22. The van der Waals surface area contributed by atoms with Crippen molar-refractivity contribution in [2.45, 2.75) is 71.1 Å². The van der Waals surface area contributed by atoms with Crippen LogP contribution in [0.1, 0.15) is 71.1 Å². The Labute approximate surface area is 83.1 Å². The Hall–Kier alpha value is 0. The molecule has 0 aliphatic heterocycles. The molecule has 2 saturated carbocycles. The highest BCUT2D eigenvalue weighted by molar-refractivity contribution is 5.09. The van der Waals surface area contributed by atoms with Gasteiger partial charge in [-0.2, -0.15) is 0 Å². The number of rotatable bonds is 2. The normalized spacial score (nSPS) is 29.3. The molecule has 0 N–H and O–H groups in total. The summed E-state index contributed by atoms with van der Waals surface area (Å²) < 4.78 is 0. The molecule has 0 aromatic heterocycles. The fourth-order valence-corrected chi connectivity index (χ4v) is 3.52. The van der Waals surface area contributed by atoms with Crippen LogP contribution in [0.3, 0.4) is 0 Å². The van der Waals surface area contributed by atoms with Gasteiger partial charge in [0.15, 0.2) is 0 Å². The van der Waals surface area contributed by atoms with Crippen molar-refractivity contribution >= 4 is 0 Å². The summed E-state index contributed by atoms with van der Waals surface area (Å²) in [7, 11) is 0. The summed E-state index contributed by atoms with van der Waals surface area (Å²) in [4.78, 5) is 0. The molecule has 75 valence electrons. The van der Waals surface area contributed by atoms with Crippen LogP contribution in [0.25, 0.3) is 0 Å². The summed E-state index contributed by atoms with van der Waals surface area (Å²) in [5.41, 5.74) is 0.723. The standard InChI is InChI=1S/C13H23/c1-2-13(10-6-7-11-13)12-8-4-3-5-9-12/h2-11H2,1H3. The Balaban J connectivity index is 2.01. The molecule has 0 heterocycles. The maximum atomic E-state index is 2.41. The van der Waals surface area contributed by atoms with E-state index in [1.54, 1.807) is 0 Å². The van der Waals surface area contributed by atoms with E-state index in [9.17, 15) is 0 Å². The van der Waals surface area contributed by atoms with Crippen molar-refractivity contribution in [1.82, 2.24) is 0 Å². The topological polar surface area (TPSA) is 0 Å². The quantitative estimate of drug-likeness (QED) is 0.585. The maximum absolute atomic E-state index is 2.41. The Morgan fingerprint density at radius 3 is 2.08 bits per heavy atom. The first-order chi connectivity index (χ1) is 6.37. The van der Waals surface area contributed by atoms with Gasteiger partial charge in [0.1, 0.15) is 0 Å². The molecule has 0 amide bonds. The summed E-state index contributed by atoms with van der Waals surface area (Å²) >= 11 is 0. The van der Waals surface area contributed by atoms with E-state index in [1.165, 1.54) is 64.2 Å². The predicted molar refractivity (Wildman–Crippen MR) is 57.5 cm³/mol. The lowest BCUT2D eigenvalue weighted by Crippen LogP contribution is -2.26. The smallest absolute Gasteiger partial charge is 0.0179 e. The second-order valence-electron chi connectivity index (χ2n) is 5.01. The van der Waals surface area contributed by atoms with Gasteiger partial charge in [0.25, 0.3) is 0 Å². The maximum Gasteiger partial charge on any atom is -0.0179 e. The van der Waals surface area contributed by atoms with Crippen LogP contribution in [-0.4, -0.2) is 0 Å². The first-order valence-electron chi connectivity index (χ1n) is 6.22. The van der Waals surface area contributed by atoms with Gasteiger partial charge in [0.2, 0.25) is 0 Å². The van der Waals surface area contributed by atoms with Crippen LogP contribution in [0.2, 0.25) is 0 Å². The Morgan fingerprint density at radius 1 is 0.923 bits per heavy atom. The average molecular weight is 179 g/mol. The molecular weight excluding hydrogens is 156 g/mol. The molecule has 0 spiro atoms. The van der Waals surface area contributed by atoms with Crippen LogP contribution in [0.5, 0.6) is 0 Å². The second kappa shape index (κ2) is 4.02. The van der Waals surface area contributed by atoms with Gasteiger partial charge in [0.05, 0.1) is 0 Å². The largest absolute Gasteiger partial charge is 0.0648 e. The van der Waals surface area contributed by atoms with Gasteiger partial charge < -0.3 is 0 Å². The molecular formula is C13H23. The number of hydrogen-bond acceptors (Lipinski definition) is 0. The zero-order valence-corrected chi connectivity index (χ0v) is 9.07. The molecule has 2 rings (SSSR count). The van der Waals surface area contributed by atoms with Crippen molar-refractivity contribution < 1.29 is 0 Å². The van der Waals surface area contributed by atoms with Crippen LogP contribution in [0, 0.1) is 11.3 Å². The molecule has 0 saturated heterocycles. The summed E-state index contributed by atoms with van der Waals surface area (Å²) in [6.45, 7) is 2.41. The Morgan fingerprint density at radius 2 is 1.54 bits per heavy atom.